The normalized spacial score (nSPS) is 34.5. The zero-order valence-corrected chi connectivity index (χ0v) is 12.6. The fourth-order valence-corrected chi connectivity index (χ4v) is 3.88. The lowest BCUT2D eigenvalue weighted by molar-refractivity contribution is 0.0805. The summed E-state index contributed by atoms with van der Waals surface area (Å²) in [7, 11) is 2.33. The van der Waals surface area contributed by atoms with Crippen LogP contribution in [-0.4, -0.2) is 30.1 Å². The molecule has 18 heavy (non-hydrogen) atoms. The van der Waals surface area contributed by atoms with Gasteiger partial charge in [0.15, 0.2) is 0 Å². The molecule has 2 heteroatoms. The molecule has 2 N–H and O–H groups in total. The smallest absolute Gasteiger partial charge is 0.0247 e. The van der Waals surface area contributed by atoms with Crippen LogP contribution in [0.3, 0.4) is 0 Å². The molecule has 0 saturated heterocycles. The van der Waals surface area contributed by atoms with E-state index in [2.05, 4.69) is 25.8 Å². The number of nitrogens with two attached hydrogens (primary N) is 1. The molecule has 2 aliphatic rings. The summed E-state index contributed by atoms with van der Waals surface area (Å²) in [5.41, 5.74) is 6.97. The summed E-state index contributed by atoms with van der Waals surface area (Å²) in [4.78, 5) is 2.64. The molecule has 0 radical (unpaired) electrons. The van der Waals surface area contributed by atoms with Gasteiger partial charge in [0.2, 0.25) is 0 Å². The van der Waals surface area contributed by atoms with Gasteiger partial charge < -0.3 is 5.73 Å². The molecule has 2 aliphatic carbocycles. The third-order valence-electron chi connectivity index (χ3n) is 5.44. The van der Waals surface area contributed by atoms with Crippen molar-refractivity contribution in [2.75, 3.05) is 7.05 Å². The Kier molecular flexibility index (Phi) is 4.71. The topological polar surface area (TPSA) is 29.3 Å². The van der Waals surface area contributed by atoms with Gasteiger partial charge in [-0.3, -0.25) is 4.90 Å². The molecular formula is C16H32N2. The first-order chi connectivity index (χ1) is 8.49. The Morgan fingerprint density at radius 1 is 0.944 bits per heavy atom. The van der Waals surface area contributed by atoms with Gasteiger partial charge in [-0.15, -0.1) is 0 Å². The minimum Gasteiger partial charge on any atom is -0.326 e. The molecule has 2 unspecified atom stereocenters. The summed E-state index contributed by atoms with van der Waals surface area (Å²) < 4.78 is 0. The number of likely N-dealkylation sites (N-methyl/N-ethyl adjacent to an activating group) is 1. The average molecular weight is 252 g/mol. The number of rotatable bonds is 2. The van der Waals surface area contributed by atoms with E-state index in [1.54, 1.807) is 0 Å². The maximum atomic E-state index is 6.40. The molecule has 0 heterocycles. The fraction of sp³-hybridized carbons (Fsp3) is 1.00. The lowest BCUT2D eigenvalue weighted by Crippen LogP contribution is -2.50. The van der Waals surface area contributed by atoms with Crippen molar-refractivity contribution in [1.29, 1.82) is 0 Å². The molecule has 0 spiro atoms. The molecule has 106 valence electrons. The number of nitrogens with zero attached hydrogens (tertiary/aromatic N) is 1. The van der Waals surface area contributed by atoms with E-state index < -0.39 is 0 Å². The molecule has 0 aromatic rings. The van der Waals surface area contributed by atoms with Crippen molar-refractivity contribution in [3.63, 3.8) is 0 Å². The Balaban J connectivity index is 1.91. The Morgan fingerprint density at radius 2 is 1.56 bits per heavy atom. The van der Waals surface area contributed by atoms with Gasteiger partial charge in [-0.05, 0) is 51.0 Å². The standard InChI is InChI=1S/C16H32N2/c1-16(2)11-9-13(10-12-16)18(3)15-8-6-4-5-7-14(15)17/h13-15H,4-12,17H2,1-3H3. The predicted octanol–water partition coefficient (Wildman–Crippen LogP) is 3.55. The molecule has 2 saturated carbocycles. The van der Waals surface area contributed by atoms with E-state index >= 15 is 0 Å². The second kappa shape index (κ2) is 5.92. The second-order valence-electron chi connectivity index (χ2n) is 7.43. The summed E-state index contributed by atoms with van der Waals surface area (Å²) in [5.74, 6) is 0. The largest absolute Gasteiger partial charge is 0.326 e. The van der Waals surface area contributed by atoms with Crippen LogP contribution in [-0.2, 0) is 0 Å². The van der Waals surface area contributed by atoms with Gasteiger partial charge in [0, 0.05) is 18.1 Å². The van der Waals surface area contributed by atoms with Gasteiger partial charge in [0.25, 0.3) is 0 Å². The monoisotopic (exact) mass is 252 g/mol. The maximum Gasteiger partial charge on any atom is 0.0247 e. The van der Waals surface area contributed by atoms with Crippen LogP contribution in [0.25, 0.3) is 0 Å². The van der Waals surface area contributed by atoms with E-state index in [0.717, 1.165) is 6.04 Å². The van der Waals surface area contributed by atoms with Crippen LogP contribution in [0, 0.1) is 5.41 Å². The quantitative estimate of drug-likeness (QED) is 0.762. The highest BCUT2D eigenvalue weighted by Gasteiger charge is 2.33. The highest BCUT2D eigenvalue weighted by atomic mass is 15.2. The van der Waals surface area contributed by atoms with E-state index in [1.807, 2.05) is 0 Å². The molecule has 0 aromatic heterocycles. The van der Waals surface area contributed by atoms with Gasteiger partial charge in [-0.2, -0.15) is 0 Å². The predicted molar refractivity (Wildman–Crippen MR) is 78.6 cm³/mol. The number of hydrogen-bond acceptors (Lipinski definition) is 2. The van der Waals surface area contributed by atoms with E-state index in [4.69, 9.17) is 5.73 Å². The second-order valence-corrected chi connectivity index (χ2v) is 7.43. The highest BCUT2D eigenvalue weighted by Crippen LogP contribution is 2.37. The van der Waals surface area contributed by atoms with Crippen molar-refractivity contribution in [2.45, 2.75) is 89.8 Å². The minimum atomic E-state index is 0.410. The Hall–Kier alpha value is -0.0800. The summed E-state index contributed by atoms with van der Waals surface area (Å²) in [6, 6.07) is 1.83. The van der Waals surface area contributed by atoms with Crippen LogP contribution < -0.4 is 5.73 Å². The fourth-order valence-electron chi connectivity index (χ4n) is 3.88. The first-order valence-electron chi connectivity index (χ1n) is 7.97. The molecule has 2 rings (SSSR count). The molecule has 0 amide bonds. The van der Waals surface area contributed by atoms with Gasteiger partial charge >= 0.3 is 0 Å². The third kappa shape index (κ3) is 3.48. The molecule has 0 aromatic carbocycles. The maximum absolute atomic E-state index is 6.40. The van der Waals surface area contributed by atoms with Crippen molar-refractivity contribution in [3.8, 4) is 0 Å². The van der Waals surface area contributed by atoms with Crippen LogP contribution in [0.15, 0.2) is 0 Å². The summed E-state index contributed by atoms with van der Waals surface area (Å²) in [6.07, 6.45) is 12.1. The number of hydrogen-bond donors (Lipinski definition) is 1. The molecule has 0 aliphatic heterocycles. The lowest BCUT2D eigenvalue weighted by atomic mass is 9.75. The van der Waals surface area contributed by atoms with E-state index in [1.165, 1.54) is 57.8 Å². The molecule has 2 atom stereocenters. The zero-order chi connectivity index (χ0) is 13.2. The van der Waals surface area contributed by atoms with Gasteiger partial charge in [-0.1, -0.05) is 33.1 Å². The summed E-state index contributed by atoms with van der Waals surface area (Å²) >= 11 is 0. The van der Waals surface area contributed by atoms with Crippen molar-refractivity contribution < 1.29 is 0 Å². The Bertz CT molecular complexity index is 252. The average Bonchev–Trinajstić information content (AvgIpc) is 2.53. The third-order valence-corrected chi connectivity index (χ3v) is 5.44. The molecule has 2 fully saturated rings. The van der Waals surface area contributed by atoms with Crippen LogP contribution in [0.5, 0.6) is 0 Å². The van der Waals surface area contributed by atoms with E-state index in [-0.39, 0.29) is 0 Å². The summed E-state index contributed by atoms with van der Waals surface area (Å²) in [6.45, 7) is 4.83. The van der Waals surface area contributed by atoms with Crippen molar-refractivity contribution >= 4 is 0 Å². The van der Waals surface area contributed by atoms with Crippen LogP contribution in [0.2, 0.25) is 0 Å². The van der Waals surface area contributed by atoms with Crippen LogP contribution >= 0.6 is 0 Å². The first kappa shape index (κ1) is 14.3. The molecule has 2 nitrogen and oxygen atoms in total. The Morgan fingerprint density at radius 3 is 2.22 bits per heavy atom. The van der Waals surface area contributed by atoms with E-state index in [0.29, 0.717) is 17.5 Å². The van der Waals surface area contributed by atoms with Crippen molar-refractivity contribution in [3.05, 3.63) is 0 Å². The molecular weight excluding hydrogens is 220 g/mol. The van der Waals surface area contributed by atoms with Crippen molar-refractivity contribution in [1.82, 2.24) is 4.90 Å². The van der Waals surface area contributed by atoms with Gasteiger partial charge in [0.05, 0.1) is 0 Å². The molecule has 0 bridgehead atoms. The van der Waals surface area contributed by atoms with Gasteiger partial charge in [-0.25, -0.2) is 0 Å². The lowest BCUT2D eigenvalue weighted by Gasteiger charge is -2.43. The minimum absolute atomic E-state index is 0.410. The van der Waals surface area contributed by atoms with Crippen LogP contribution in [0.4, 0.5) is 0 Å². The van der Waals surface area contributed by atoms with Crippen LogP contribution in [0.1, 0.15) is 71.6 Å². The van der Waals surface area contributed by atoms with Crippen molar-refractivity contribution in [2.24, 2.45) is 11.1 Å². The Labute approximate surface area is 113 Å². The SMILES string of the molecule is CN(C1CCC(C)(C)CC1)C1CCCCCC1N. The summed E-state index contributed by atoms with van der Waals surface area (Å²) in [5, 5.41) is 0. The van der Waals surface area contributed by atoms with E-state index in [9.17, 15) is 0 Å². The zero-order valence-electron chi connectivity index (χ0n) is 12.6. The highest BCUT2D eigenvalue weighted by molar-refractivity contribution is 4.90. The first-order valence-corrected chi connectivity index (χ1v) is 7.97. The van der Waals surface area contributed by atoms with Gasteiger partial charge in [0.1, 0.15) is 0 Å².